The summed E-state index contributed by atoms with van der Waals surface area (Å²) in [6.45, 7) is 5.15. The van der Waals surface area contributed by atoms with Crippen molar-refractivity contribution < 1.29 is 9.90 Å². The third-order valence-corrected chi connectivity index (χ3v) is 2.72. The SMILES string of the molecule is CC(C)NC(=O)CCNCC1(O)CCC1. The fraction of sp³-hybridized carbons (Fsp3) is 0.909. The minimum absolute atomic E-state index is 0.0677. The van der Waals surface area contributed by atoms with E-state index < -0.39 is 5.60 Å². The van der Waals surface area contributed by atoms with Gasteiger partial charge in [-0.05, 0) is 33.1 Å². The molecule has 0 bridgehead atoms. The number of hydrogen-bond acceptors (Lipinski definition) is 3. The van der Waals surface area contributed by atoms with Crippen LogP contribution in [-0.4, -0.2) is 35.7 Å². The molecule has 0 radical (unpaired) electrons. The molecule has 0 aromatic carbocycles. The van der Waals surface area contributed by atoms with Crippen molar-refractivity contribution >= 4 is 5.91 Å². The molecule has 0 heterocycles. The molecule has 1 aliphatic rings. The maximum Gasteiger partial charge on any atom is 0.221 e. The highest BCUT2D eigenvalue weighted by Gasteiger charge is 2.33. The van der Waals surface area contributed by atoms with Crippen molar-refractivity contribution in [1.82, 2.24) is 10.6 Å². The van der Waals surface area contributed by atoms with Crippen LogP contribution < -0.4 is 10.6 Å². The number of carbonyl (C=O) groups excluding carboxylic acids is 1. The zero-order chi connectivity index (χ0) is 11.3. The molecule has 0 unspecified atom stereocenters. The van der Waals surface area contributed by atoms with Crippen molar-refractivity contribution in [2.75, 3.05) is 13.1 Å². The van der Waals surface area contributed by atoms with Gasteiger partial charge in [-0.1, -0.05) is 0 Å². The Morgan fingerprint density at radius 1 is 1.47 bits per heavy atom. The molecule has 1 rings (SSSR count). The predicted octanol–water partition coefficient (Wildman–Crippen LogP) is 0.406. The summed E-state index contributed by atoms with van der Waals surface area (Å²) in [5, 5.41) is 15.7. The molecule has 1 amide bonds. The maximum atomic E-state index is 11.2. The quantitative estimate of drug-likeness (QED) is 0.561. The lowest BCUT2D eigenvalue weighted by Gasteiger charge is -2.36. The van der Waals surface area contributed by atoms with Crippen LogP contribution in [0.15, 0.2) is 0 Å². The van der Waals surface area contributed by atoms with Crippen LogP contribution in [0.1, 0.15) is 39.5 Å². The van der Waals surface area contributed by atoms with Gasteiger partial charge < -0.3 is 15.7 Å². The monoisotopic (exact) mass is 214 g/mol. The van der Waals surface area contributed by atoms with E-state index in [-0.39, 0.29) is 11.9 Å². The zero-order valence-corrected chi connectivity index (χ0v) is 9.68. The Kier molecular flexibility index (Phi) is 4.54. The number of carbonyl (C=O) groups is 1. The summed E-state index contributed by atoms with van der Waals surface area (Å²) in [5.41, 5.74) is -0.492. The summed E-state index contributed by atoms with van der Waals surface area (Å²) < 4.78 is 0. The molecule has 1 saturated carbocycles. The van der Waals surface area contributed by atoms with Crippen molar-refractivity contribution in [3.63, 3.8) is 0 Å². The average Bonchev–Trinajstić information content (AvgIpc) is 2.08. The molecule has 0 atom stereocenters. The molecule has 0 aliphatic heterocycles. The molecule has 0 aromatic heterocycles. The van der Waals surface area contributed by atoms with Gasteiger partial charge in [0, 0.05) is 25.6 Å². The van der Waals surface area contributed by atoms with Gasteiger partial charge in [0.15, 0.2) is 0 Å². The third-order valence-electron chi connectivity index (χ3n) is 2.72. The molecule has 0 saturated heterocycles. The minimum Gasteiger partial charge on any atom is -0.389 e. The molecular formula is C11H22N2O2. The molecule has 88 valence electrons. The second-order valence-electron chi connectivity index (χ2n) is 4.73. The van der Waals surface area contributed by atoms with E-state index in [1.807, 2.05) is 13.8 Å². The molecule has 0 aromatic rings. The van der Waals surface area contributed by atoms with Crippen LogP contribution in [0.2, 0.25) is 0 Å². The van der Waals surface area contributed by atoms with Crippen LogP contribution in [0.5, 0.6) is 0 Å². The third kappa shape index (κ3) is 4.62. The molecule has 15 heavy (non-hydrogen) atoms. The van der Waals surface area contributed by atoms with E-state index in [1.54, 1.807) is 0 Å². The molecule has 3 N–H and O–H groups in total. The van der Waals surface area contributed by atoms with Gasteiger partial charge in [0.05, 0.1) is 5.60 Å². The normalized spacial score (nSPS) is 18.7. The number of rotatable bonds is 6. The van der Waals surface area contributed by atoms with E-state index in [0.29, 0.717) is 19.5 Å². The van der Waals surface area contributed by atoms with Crippen molar-refractivity contribution in [3.8, 4) is 0 Å². The van der Waals surface area contributed by atoms with E-state index in [1.165, 1.54) is 0 Å². The van der Waals surface area contributed by atoms with Gasteiger partial charge >= 0.3 is 0 Å². The van der Waals surface area contributed by atoms with Gasteiger partial charge in [-0.15, -0.1) is 0 Å². The highest BCUT2D eigenvalue weighted by atomic mass is 16.3. The smallest absolute Gasteiger partial charge is 0.221 e. The zero-order valence-electron chi connectivity index (χ0n) is 9.68. The van der Waals surface area contributed by atoms with Crippen molar-refractivity contribution in [1.29, 1.82) is 0 Å². The Balaban J connectivity index is 1.99. The summed E-state index contributed by atoms with van der Waals surface area (Å²) in [5.74, 6) is 0.0677. The lowest BCUT2D eigenvalue weighted by molar-refractivity contribution is -0.121. The topological polar surface area (TPSA) is 61.4 Å². The van der Waals surface area contributed by atoms with Crippen LogP contribution in [0, 0.1) is 0 Å². The summed E-state index contributed by atoms with van der Waals surface area (Å²) in [6.07, 6.45) is 3.37. The second-order valence-corrected chi connectivity index (χ2v) is 4.73. The average molecular weight is 214 g/mol. The Morgan fingerprint density at radius 3 is 2.60 bits per heavy atom. The first-order chi connectivity index (χ1) is 7.02. The Labute approximate surface area is 91.4 Å². The minimum atomic E-state index is -0.492. The van der Waals surface area contributed by atoms with E-state index in [0.717, 1.165) is 19.3 Å². The van der Waals surface area contributed by atoms with E-state index in [9.17, 15) is 9.90 Å². The Morgan fingerprint density at radius 2 is 2.13 bits per heavy atom. The second kappa shape index (κ2) is 5.47. The number of aliphatic hydroxyl groups is 1. The maximum absolute atomic E-state index is 11.2. The first kappa shape index (κ1) is 12.5. The largest absolute Gasteiger partial charge is 0.389 e. The highest BCUT2D eigenvalue weighted by molar-refractivity contribution is 5.76. The van der Waals surface area contributed by atoms with Crippen LogP contribution in [0.25, 0.3) is 0 Å². The Bertz CT molecular complexity index is 213. The van der Waals surface area contributed by atoms with Gasteiger partial charge in [-0.3, -0.25) is 4.79 Å². The number of amides is 1. The lowest BCUT2D eigenvalue weighted by atomic mass is 9.80. The highest BCUT2D eigenvalue weighted by Crippen LogP contribution is 2.30. The summed E-state index contributed by atoms with van der Waals surface area (Å²) in [4.78, 5) is 11.2. The fourth-order valence-corrected chi connectivity index (χ4v) is 1.68. The molecular weight excluding hydrogens is 192 g/mol. The van der Waals surface area contributed by atoms with Crippen LogP contribution >= 0.6 is 0 Å². The first-order valence-corrected chi connectivity index (χ1v) is 5.74. The van der Waals surface area contributed by atoms with E-state index in [2.05, 4.69) is 10.6 Å². The molecule has 1 fully saturated rings. The molecule has 4 nitrogen and oxygen atoms in total. The standard InChI is InChI=1S/C11H22N2O2/c1-9(2)13-10(14)4-7-12-8-11(15)5-3-6-11/h9,12,15H,3-8H2,1-2H3,(H,13,14). The van der Waals surface area contributed by atoms with Gasteiger partial charge in [-0.2, -0.15) is 0 Å². The molecule has 1 aliphatic carbocycles. The van der Waals surface area contributed by atoms with Crippen molar-refractivity contribution in [2.24, 2.45) is 0 Å². The summed E-state index contributed by atoms with van der Waals surface area (Å²) in [6, 6.07) is 0.202. The Hall–Kier alpha value is -0.610. The van der Waals surface area contributed by atoms with Gasteiger partial charge in [0.25, 0.3) is 0 Å². The van der Waals surface area contributed by atoms with Crippen LogP contribution in [-0.2, 0) is 4.79 Å². The molecule has 0 spiro atoms. The fourth-order valence-electron chi connectivity index (χ4n) is 1.68. The van der Waals surface area contributed by atoms with Crippen LogP contribution in [0.3, 0.4) is 0 Å². The number of hydrogen-bond donors (Lipinski definition) is 3. The number of nitrogens with one attached hydrogen (secondary N) is 2. The lowest BCUT2D eigenvalue weighted by Crippen LogP contribution is -2.46. The van der Waals surface area contributed by atoms with Gasteiger partial charge in [0.1, 0.15) is 0 Å². The predicted molar refractivity (Wildman–Crippen MR) is 59.6 cm³/mol. The summed E-state index contributed by atoms with van der Waals surface area (Å²) in [7, 11) is 0. The molecule has 4 heteroatoms. The van der Waals surface area contributed by atoms with Gasteiger partial charge in [0.2, 0.25) is 5.91 Å². The van der Waals surface area contributed by atoms with Gasteiger partial charge in [-0.25, -0.2) is 0 Å². The first-order valence-electron chi connectivity index (χ1n) is 5.74. The van der Waals surface area contributed by atoms with E-state index in [4.69, 9.17) is 0 Å². The summed E-state index contributed by atoms with van der Waals surface area (Å²) >= 11 is 0. The van der Waals surface area contributed by atoms with Crippen molar-refractivity contribution in [3.05, 3.63) is 0 Å². The van der Waals surface area contributed by atoms with Crippen LogP contribution in [0.4, 0.5) is 0 Å². The van der Waals surface area contributed by atoms with Crippen molar-refractivity contribution in [2.45, 2.75) is 51.2 Å². The van der Waals surface area contributed by atoms with E-state index >= 15 is 0 Å².